The normalized spacial score (nSPS) is 30.5. The maximum Gasteiger partial charge on any atom is 0.175 e. The van der Waals surface area contributed by atoms with Crippen LogP contribution in [0.1, 0.15) is 58.6 Å². The van der Waals surface area contributed by atoms with Gasteiger partial charge in [0.15, 0.2) is 40.6 Å². The van der Waals surface area contributed by atoms with Crippen molar-refractivity contribution in [1.29, 1.82) is 5.41 Å². The van der Waals surface area contributed by atoms with Gasteiger partial charge < -0.3 is 29.4 Å². The van der Waals surface area contributed by atoms with E-state index in [-0.39, 0.29) is 48.7 Å². The van der Waals surface area contributed by atoms with Gasteiger partial charge in [0.25, 0.3) is 0 Å². The molecule has 4 aromatic heterocycles. The third-order valence-corrected chi connectivity index (χ3v) is 11.1. The molecule has 3 N–H and O–H groups in total. The minimum atomic E-state index is -0.476. The lowest BCUT2D eigenvalue weighted by Gasteiger charge is -2.32. The number of aromatic nitrogens is 8. The summed E-state index contributed by atoms with van der Waals surface area (Å²) in [5, 5.41) is 8.54. The summed E-state index contributed by atoms with van der Waals surface area (Å²) in [6, 6.07) is 9.93. The summed E-state index contributed by atoms with van der Waals surface area (Å²) in [4.78, 5) is 21.5. The summed E-state index contributed by atoms with van der Waals surface area (Å²) >= 11 is 0. The van der Waals surface area contributed by atoms with Crippen molar-refractivity contribution in [3.8, 4) is 0 Å². The van der Waals surface area contributed by atoms with Crippen LogP contribution in [0.3, 0.4) is 0 Å². The van der Waals surface area contributed by atoms with Gasteiger partial charge in [-0.2, -0.15) is 0 Å². The van der Waals surface area contributed by atoms with E-state index in [0.717, 1.165) is 24.2 Å². The molecule has 4 saturated heterocycles. The van der Waals surface area contributed by atoms with Crippen molar-refractivity contribution >= 4 is 28.1 Å². The van der Waals surface area contributed by atoms with Crippen LogP contribution in [-0.2, 0) is 37.0 Å². The first-order valence-corrected chi connectivity index (χ1v) is 17.2. The Hall–Kier alpha value is -5.12. The van der Waals surface area contributed by atoms with Crippen LogP contribution in [-0.4, -0.2) is 62.0 Å². The van der Waals surface area contributed by atoms with Crippen molar-refractivity contribution in [2.75, 3.05) is 5.73 Å². The van der Waals surface area contributed by atoms with Crippen LogP contribution in [0.2, 0.25) is 0 Å². The number of nitrogens with one attached hydrogen (secondary N) is 1. The van der Waals surface area contributed by atoms with E-state index in [1.54, 1.807) is 23.5 Å². The number of nitrogen functional groups attached to an aromatic ring is 1. The zero-order valence-corrected chi connectivity index (χ0v) is 29.1. The summed E-state index contributed by atoms with van der Waals surface area (Å²) in [5.74, 6) is 2.21. The van der Waals surface area contributed by atoms with E-state index in [1.807, 2.05) is 39.5 Å². The molecule has 0 aliphatic carbocycles. The van der Waals surface area contributed by atoms with Gasteiger partial charge in [0.1, 0.15) is 59.8 Å². The minimum Gasteiger partial charge on any atom is -0.487 e. The first-order chi connectivity index (χ1) is 24.6. The Labute approximate surface area is 294 Å². The molecule has 15 nitrogen and oxygen atoms in total. The number of nitrogens with two attached hydrogens (primary N) is 1. The maximum absolute atomic E-state index is 8.54. The maximum atomic E-state index is 8.54. The third kappa shape index (κ3) is 4.89. The third-order valence-electron chi connectivity index (χ3n) is 11.1. The lowest BCUT2D eigenvalue weighted by Crippen LogP contribution is -2.34. The Morgan fingerprint density at radius 3 is 1.94 bits per heavy atom. The predicted octanol–water partition coefficient (Wildman–Crippen LogP) is 4.75. The number of ether oxygens (including phenoxy) is 5. The van der Waals surface area contributed by atoms with Crippen molar-refractivity contribution in [2.24, 2.45) is 11.8 Å². The highest BCUT2D eigenvalue weighted by atomic mass is 16.6. The van der Waals surface area contributed by atoms with Gasteiger partial charge in [-0.1, -0.05) is 71.2 Å². The Morgan fingerprint density at radius 1 is 0.804 bits per heavy atom. The van der Waals surface area contributed by atoms with Crippen LogP contribution in [0, 0.1) is 17.2 Å². The van der Waals surface area contributed by atoms with Crippen molar-refractivity contribution in [2.45, 2.75) is 89.7 Å². The van der Waals surface area contributed by atoms with Gasteiger partial charge in [0.05, 0.1) is 19.3 Å². The molecule has 5 aromatic rings. The second kappa shape index (κ2) is 12.3. The van der Waals surface area contributed by atoms with Gasteiger partial charge in [-0.15, -0.1) is 0 Å². The van der Waals surface area contributed by atoms with Crippen LogP contribution >= 0.6 is 0 Å². The Morgan fingerprint density at radius 2 is 1.37 bits per heavy atom. The Bertz CT molecular complexity index is 2200. The summed E-state index contributed by atoms with van der Waals surface area (Å²) < 4.78 is 35.8. The largest absolute Gasteiger partial charge is 0.487 e. The van der Waals surface area contributed by atoms with Gasteiger partial charge in [0, 0.05) is 11.8 Å². The van der Waals surface area contributed by atoms with Gasteiger partial charge in [-0.05, 0) is 18.4 Å². The van der Waals surface area contributed by atoms with Crippen molar-refractivity contribution in [3.05, 3.63) is 91.4 Å². The smallest absolute Gasteiger partial charge is 0.175 e. The minimum absolute atomic E-state index is 0.0916. The molecular weight excluding hydrogens is 652 g/mol. The number of hydrogen-bond acceptors (Lipinski definition) is 12. The van der Waals surface area contributed by atoms with Gasteiger partial charge in [-0.3, -0.25) is 19.1 Å². The number of imidazole rings is 2. The molecule has 266 valence electrons. The summed E-state index contributed by atoms with van der Waals surface area (Å²) in [6.45, 7) is 17.2. The molecule has 2 unspecified atom stereocenters. The molecule has 8 heterocycles. The highest BCUT2D eigenvalue weighted by Gasteiger charge is 2.63. The number of hydrogen-bond donors (Lipinski definition) is 2. The number of nitrogens with zero attached hydrogens (tertiary/aromatic N) is 8. The van der Waals surface area contributed by atoms with Crippen molar-refractivity contribution < 1.29 is 23.7 Å². The Balaban J connectivity index is 0.000000156. The monoisotopic (exact) mass is 694 g/mol. The zero-order chi connectivity index (χ0) is 35.7. The molecule has 9 rings (SSSR count). The molecular formula is C36H42N10O5. The average Bonchev–Trinajstić information content (AvgIpc) is 3.97. The van der Waals surface area contributed by atoms with E-state index in [1.165, 1.54) is 6.33 Å². The van der Waals surface area contributed by atoms with Crippen LogP contribution in [0.15, 0.2) is 80.3 Å². The van der Waals surface area contributed by atoms with Crippen LogP contribution in [0.5, 0.6) is 0 Å². The van der Waals surface area contributed by atoms with E-state index >= 15 is 0 Å². The Kier molecular flexibility index (Phi) is 7.96. The van der Waals surface area contributed by atoms with Gasteiger partial charge in [0.2, 0.25) is 0 Å². The fraction of sp³-hybridized carbons (Fsp3) is 0.444. The van der Waals surface area contributed by atoms with Crippen LogP contribution < -0.4 is 11.2 Å². The van der Waals surface area contributed by atoms with Gasteiger partial charge >= 0.3 is 0 Å². The summed E-state index contributed by atoms with van der Waals surface area (Å²) in [7, 11) is 0. The fourth-order valence-electron chi connectivity index (χ4n) is 8.07. The molecule has 0 saturated carbocycles. The summed E-state index contributed by atoms with van der Waals surface area (Å²) in [6.07, 6.45) is 7.17. The molecule has 0 spiro atoms. The lowest BCUT2D eigenvalue weighted by atomic mass is 9.86. The quantitative estimate of drug-likeness (QED) is 0.229. The van der Waals surface area contributed by atoms with E-state index in [4.69, 9.17) is 34.8 Å². The molecule has 4 fully saturated rings. The van der Waals surface area contributed by atoms with E-state index in [2.05, 4.69) is 65.8 Å². The molecule has 8 atom stereocenters. The first kappa shape index (κ1) is 33.0. The second-order valence-electron chi connectivity index (χ2n) is 13.5. The molecule has 4 bridgehead atoms. The molecule has 0 radical (unpaired) electrons. The molecule has 51 heavy (non-hydrogen) atoms. The van der Waals surface area contributed by atoms with E-state index in [0.29, 0.717) is 40.5 Å². The van der Waals surface area contributed by atoms with Gasteiger partial charge in [-0.25, -0.2) is 24.9 Å². The SMILES string of the molecule is C=C1O[C@H]2C(C)[C@@]1(CC)O[C@H]2n1cnc2c(=N)n(COCc3ccccc3)cnc21.C=C1O[C@H]2C(C)[C@@]1(CC)O[C@H]2n1cnc2c(N)ncnc21. The van der Waals surface area contributed by atoms with Crippen molar-refractivity contribution in [1.82, 2.24) is 38.6 Å². The molecule has 0 amide bonds. The fourth-order valence-corrected chi connectivity index (χ4v) is 8.07. The molecule has 4 aliphatic heterocycles. The van der Waals surface area contributed by atoms with Crippen LogP contribution in [0.4, 0.5) is 5.82 Å². The molecule has 1 aromatic carbocycles. The number of fused-ring (bicyclic) bond motifs is 6. The number of rotatable bonds is 8. The standard InChI is InChI=1S/C22H25N5O3.C14H17N5O2/c1-4-22-14(2)18(29-15(22)3)21(30-22)27-12-24-17-19(23)26(11-25-20(17)27)13-28-10-16-8-6-5-7-9-16;1-4-14-7(2)10(20-8(14)3)13(21-14)19-6-18-9-11(15)16-5-17-12(9)19/h5-9,11-12,14,18,21,23H,3-4,10,13H2,1-2H3;5-7,10,13H,3-4H2,1-2H3,(H2,15,16,17)/t14?,18-,21+,22+;7?,10-,13+,14+/m00/s1. The zero-order valence-electron chi connectivity index (χ0n) is 29.1. The highest BCUT2D eigenvalue weighted by molar-refractivity contribution is 5.81. The lowest BCUT2D eigenvalue weighted by molar-refractivity contribution is -0.136. The molecule has 15 heteroatoms. The average molecular weight is 695 g/mol. The second-order valence-corrected chi connectivity index (χ2v) is 13.5. The van der Waals surface area contributed by atoms with Crippen LogP contribution in [0.25, 0.3) is 22.3 Å². The number of anilines is 1. The first-order valence-electron chi connectivity index (χ1n) is 17.2. The summed E-state index contributed by atoms with van der Waals surface area (Å²) in [5.41, 5.74) is 8.61. The topological polar surface area (TPSA) is 175 Å². The predicted molar refractivity (Wildman–Crippen MR) is 185 cm³/mol. The highest BCUT2D eigenvalue weighted by Crippen LogP contribution is 2.56. The van der Waals surface area contributed by atoms with E-state index < -0.39 is 11.2 Å². The molecule has 4 aliphatic rings. The van der Waals surface area contributed by atoms with Crippen molar-refractivity contribution in [3.63, 3.8) is 0 Å². The van der Waals surface area contributed by atoms with E-state index in [9.17, 15) is 0 Å². The number of benzene rings is 1.